The largest absolute Gasteiger partial charge is 0.347 e. The van der Waals surface area contributed by atoms with Gasteiger partial charge in [-0.25, -0.2) is 4.98 Å². The molecule has 0 amide bonds. The first-order valence-electron chi connectivity index (χ1n) is 7.44. The van der Waals surface area contributed by atoms with Crippen LogP contribution in [0.4, 0.5) is 0 Å². The maximum atomic E-state index is 4.38. The van der Waals surface area contributed by atoms with Crippen molar-refractivity contribution in [3.05, 3.63) is 52.9 Å². The van der Waals surface area contributed by atoms with Crippen LogP contribution in [0.3, 0.4) is 0 Å². The van der Waals surface area contributed by atoms with Crippen molar-refractivity contribution >= 4 is 21.4 Å². The molecule has 2 atom stereocenters. The molecule has 3 aromatic rings. The van der Waals surface area contributed by atoms with E-state index in [1.165, 1.54) is 20.5 Å². The zero-order valence-electron chi connectivity index (χ0n) is 12.7. The molecule has 0 spiro atoms. The van der Waals surface area contributed by atoms with Gasteiger partial charge in [-0.05, 0) is 37.3 Å². The number of nitrogens with zero attached hydrogens (tertiary/aromatic N) is 1. The number of imidazole rings is 1. The molecular formula is C17H21N3S. The highest BCUT2D eigenvalue weighted by Gasteiger charge is 2.19. The van der Waals surface area contributed by atoms with E-state index in [4.69, 9.17) is 0 Å². The summed E-state index contributed by atoms with van der Waals surface area (Å²) < 4.78 is 1.37. The quantitative estimate of drug-likeness (QED) is 0.714. The zero-order chi connectivity index (χ0) is 14.8. The van der Waals surface area contributed by atoms with Gasteiger partial charge in [-0.2, -0.15) is 0 Å². The number of rotatable bonds is 5. The van der Waals surface area contributed by atoms with Crippen LogP contribution in [0.25, 0.3) is 10.1 Å². The molecule has 4 heteroatoms. The number of benzene rings is 1. The van der Waals surface area contributed by atoms with Gasteiger partial charge in [-0.15, -0.1) is 11.3 Å². The van der Waals surface area contributed by atoms with Crippen molar-refractivity contribution in [1.29, 1.82) is 0 Å². The number of fused-ring (bicyclic) bond motifs is 1. The molecular weight excluding hydrogens is 278 g/mol. The first kappa shape index (κ1) is 14.3. The Bertz CT molecular complexity index is 715. The van der Waals surface area contributed by atoms with Crippen molar-refractivity contribution in [3.8, 4) is 0 Å². The van der Waals surface area contributed by atoms with E-state index in [-0.39, 0.29) is 6.04 Å². The van der Waals surface area contributed by atoms with Crippen molar-refractivity contribution in [2.45, 2.75) is 39.3 Å². The predicted molar refractivity (Wildman–Crippen MR) is 89.7 cm³/mol. The summed E-state index contributed by atoms with van der Waals surface area (Å²) in [6, 6.07) is 9.21. The average molecular weight is 299 g/mol. The minimum Gasteiger partial charge on any atom is -0.347 e. The van der Waals surface area contributed by atoms with Crippen LogP contribution in [0.5, 0.6) is 0 Å². The summed E-state index contributed by atoms with van der Waals surface area (Å²) in [6.07, 6.45) is 4.71. The number of nitrogens with one attached hydrogen (secondary N) is 2. The number of hydrogen-bond acceptors (Lipinski definition) is 3. The normalized spacial score (nSPS) is 14.4. The molecule has 21 heavy (non-hydrogen) atoms. The molecule has 2 unspecified atom stereocenters. The molecule has 3 rings (SSSR count). The smallest absolute Gasteiger partial charge is 0.123 e. The first-order valence-corrected chi connectivity index (χ1v) is 8.25. The summed E-state index contributed by atoms with van der Waals surface area (Å²) in [5.41, 5.74) is 1.39. The molecule has 0 aliphatic carbocycles. The predicted octanol–water partition coefficient (Wildman–Crippen LogP) is 4.73. The van der Waals surface area contributed by atoms with Gasteiger partial charge in [-0.1, -0.05) is 25.1 Å². The third-order valence-electron chi connectivity index (χ3n) is 3.98. The molecule has 2 N–H and O–H groups in total. The Balaban J connectivity index is 1.86. The SMILES string of the molecule is CCC(NC(C)c1sc2ccccc2c1C)c1ncc[nH]1. The summed E-state index contributed by atoms with van der Waals surface area (Å²) in [4.78, 5) is 9.02. The van der Waals surface area contributed by atoms with Crippen LogP contribution < -0.4 is 5.32 Å². The van der Waals surface area contributed by atoms with Crippen molar-refractivity contribution in [2.24, 2.45) is 0 Å². The minimum absolute atomic E-state index is 0.264. The number of hydrogen-bond donors (Lipinski definition) is 2. The second-order valence-corrected chi connectivity index (χ2v) is 6.49. The van der Waals surface area contributed by atoms with E-state index in [1.807, 2.05) is 23.7 Å². The summed E-state index contributed by atoms with van der Waals surface area (Å²) >= 11 is 1.89. The van der Waals surface area contributed by atoms with Gasteiger partial charge in [0.25, 0.3) is 0 Å². The van der Waals surface area contributed by atoms with E-state index in [0.717, 1.165) is 12.2 Å². The van der Waals surface area contributed by atoms with Gasteiger partial charge in [0, 0.05) is 28.0 Å². The molecule has 0 bridgehead atoms. The highest BCUT2D eigenvalue weighted by Crippen LogP contribution is 2.35. The fourth-order valence-corrected chi connectivity index (χ4v) is 4.06. The molecule has 0 aliphatic heterocycles. The number of H-pyrrole nitrogens is 1. The maximum absolute atomic E-state index is 4.38. The molecule has 0 fully saturated rings. The monoisotopic (exact) mass is 299 g/mol. The Morgan fingerprint density at radius 2 is 2.14 bits per heavy atom. The van der Waals surface area contributed by atoms with Crippen molar-refractivity contribution in [3.63, 3.8) is 0 Å². The van der Waals surface area contributed by atoms with Crippen molar-refractivity contribution in [1.82, 2.24) is 15.3 Å². The standard InChI is InChI=1S/C17H21N3S/c1-4-14(17-18-9-10-19-17)20-12(3)16-11(2)13-7-5-6-8-15(13)21-16/h5-10,12,14,20H,4H2,1-3H3,(H,18,19). The zero-order valence-corrected chi connectivity index (χ0v) is 13.5. The lowest BCUT2D eigenvalue weighted by atomic mass is 10.1. The maximum Gasteiger partial charge on any atom is 0.123 e. The summed E-state index contributed by atoms with van der Waals surface area (Å²) in [5.74, 6) is 1.02. The molecule has 2 heterocycles. The summed E-state index contributed by atoms with van der Waals surface area (Å²) in [6.45, 7) is 6.65. The Labute approximate surface area is 129 Å². The molecule has 2 aromatic heterocycles. The summed E-state index contributed by atoms with van der Waals surface area (Å²) in [7, 11) is 0. The number of aromatic amines is 1. The van der Waals surface area contributed by atoms with Crippen LogP contribution in [-0.2, 0) is 0 Å². The van der Waals surface area contributed by atoms with E-state index in [2.05, 4.69) is 60.3 Å². The first-order chi connectivity index (χ1) is 10.2. The minimum atomic E-state index is 0.264. The van der Waals surface area contributed by atoms with E-state index < -0.39 is 0 Å². The lowest BCUT2D eigenvalue weighted by Gasteiger charge is -2.20. The fourth-order valence-electron chi connectivity index (χ4n) is 2.84. The van der Waals surface area contributed by atoms with Crippen LogP contribution >= 0.6 is 11.3 Å². The average Bonchev–Trinajstić information content (AvgIpc) is 3.13. The van der Waals surface area contributed by atoms with Gasteiger partial charge < -0.3 is 4.98 Å². The van der Waals surface area contributed by atoms with Crippen molar-refractivity contribution < 1.29 is 0 Å². The van der Waals surface area contributed by atoms with Crippen molar-refractivity contribution in [2.75, 3.05) is 0 Å². The van der Waals surface area contributed by atoms with Gasteiger partial charge in [0.15, 0.2) is 0 Å². The second kappa shape index (κ2) is 6.00. The van der Waals surface area contributed by atoms with Gasteiger partial charge in [0.1, 0.15) is 5.82 Å². The number of thiophene rings is 1. The number of aryl methyl sites for hydroxylation is 1. The van der Waals surface area contributed by atoms with E-state index >= 15 is 0 Å². The van der Waals surface area contributed by atoms with Crippen LogP contribution in [-0.4, -0.2) is 9.97 Å². The third kappa shape index (κ3) is 2.74. The van der Waals surface area contributed by atoms with Gasteiger partial charge in [-0.3, -0.25) is 5.32 Å². The van der Waals surface area contributed by atoms with Gasteiger partial charge in [0.2, 0.25) is 0 Å². The van der Waals surface area contributed by atoms with Crippen LogP contribution in [0.2, 0.25) is 0 Å². The molecule has 1 aromatic carbocycles. The molecule has 0 saturated heterocycles. The second-order valence-electron chi connectivity index (χ2n) is 5.41. The van der Waals surface area contributed by atoms with E-state index in [9.17, 15) is 0 Å². The van der Waals surface area contributed by atoms with Gasteiger partial charge in [0.05, 0.1) is 6.04 Å². The molecule has 110 valence electrons. The Morgan fingerprint density at radius 1 is 1.33 bits per heavy atom. The lowest BCUT2D eigenvalue weighted by molar-refractivity contribution is 0.444. The van der Waals surface area contributed by atoms with Crippen LogP contribution in [0.15, 0.2) is 36.7 Å². The van der Waals surface area contributed by atoms with E-state index in [0.29, 0.717) is 6.04 Å². The van der Waals surface area contributed by atoms with E-state index in [1.54, 1.807) is 0 Å². The highest BCUT2D eigenvalue weighted by atomic mass is 32.1. The Morgan fingerprint density at radius 3 is 2.81 bits per heavy atom. The molecule has 0 radical (unpaired) electrons. The number of aromatic nitrogens is 2. The molecule has 3 nitrogen and oxygen atoms in total. The molecule has 0 aliphatic rings. The highest BCUT2D eigenvalue weighted by molar-refractivity contribution is 7.19. The third-order valence-corrected chi connectivity index (χ3v) is 5.44. The van der Waals surface area contributed by atoms with Crippen LogP contribution in [0, 0.1) is 6.92 Å². The Kier molecular flexibility index (Phi) is 4.08. The topological polar surface area (TPSA) is 40.7 Å². The van der Waals surface area contributed by atoms with Gasteiger partial charge >= 0.3 is 0 Å². The summed E-state index contributed by atoms with van der Waals surface area (Å²) in [5, 5.41) is 5.08. The molecule has 0 saturated carbocycles. The lowest BCUT2D eigenvalue weighted by Crippen LogP contribution is -2.25. The van der Waals surface area contributed by atoms with Crippen LogP contribution in [0.1, 0.15) is 48.6 Å². The Hall–Kier alpha value is -1.65. The fraction of sp³-hybridized carbons (Fsp3) is 0.353.